The van der Waals surface area contributed by atoms with Crippen molar-refractivity contribution in [2.75, 3.05) is 12.6 Å². The van der Waals surface area contributed by atoms with Gasteiger partial charge in [-0.3, -0.25) is 18.7 Å². The van der Waals surface area contributed by atoms with Crippen molar-refractivity contribution in [1.82, 2.24) is 4.90 Å². The monoisotopic (exact) mass is 319 g/mol. The van der Waals surface area contributed by atoms with Crippen molar-refractivity contribution in [3.8, 4) is 0 Å². The molecule has 0 heterocycles. The predicted molar refractivity (Wildman–Crippen MR) is 62.5 cm³/mol. The average molecular weight is 319 g/mol. The van der Waals surface area contributed by atoms with E-state index in [4.69, 9.17) is 31.0 Å². The smallest absolute Gasteiger partial charge is 0.344 e. The van der Waals surface area contributed by atoms with Gasteiger partial charge in [0.2, 0.25) is 11.8 Å². The first-order chi connectivity index (χ1) is 8.32. The van der Waals surface area contributed by atoms with Gasteiger partial charge in [0.25, 0.3) is 0 Å². The molecule has 0 aromatic heterocycles. The standard InChI is InChI=1S/C6H15N3O8P2/c7-4(1-5(8)10)6(11)9(2-18(12,13)14)3-19(15,16)17/h4H,1-3,7H2,(H2,8,10)(H2,12,13,14)(H2,15,16,17)/t4-/m0/s1. The van der Waals surface area contributed by atoms with E-state index in [9.17, 15) is 18.7 Å². The van der Waals surface area contributed by atoms with E-state index in [0.717, 1.165) is 0 Å². The molecule has 0 fully saturated rings. The molecule has 8 N–H and O–H groups in total. The predicted octanol–water partition coefficient (Wildman–Crippen LogP) is -2.71. The van der Waals surface area contributed by atoms with Crippen LogP contribution in [0.5, 0.6) is 0 Å². The fourth-order valence-electron chi connectivity index (χ4n) is 1.17. The van der Waals surface area contributed by atoms with Gasteiger partial charge in [0.15, 0.2) is 0 Å². The van der Waals surface area contributed by atoms with Gasteiger partial charge < -0.3 is 35.9 Å². The highest BCUT2D eigenvalue weighted by Crippen LogP contribution is 2.40. The van der Waals surface area contributed by atoms with Gasteiger partial charge in [0.1, 0.15) is 12.6 Å². The number of hydrogen-bond donors (Lipinski definition) is 6. The molecule has 0 radical (unpaired) electrons. The first-order valence-electron chi connectivity index (χ1n) is 4.73. The van der Waals surface area contributed by atoms with Crippen molar-refractivity contribution >= 4 is 27.0 Å². The Balaban J connectivity index is 5.02. The molecule has 0 aliphatic rings. The molecule has 13 heteroatoms. The minimum absolute atomic E-state index is 0.217. The van der Waals surface area contributed by atoms with E-state index < -0.39 is 52.0 Å². The maximum absolute atomic E-state index is 11.6. The SMILES string of the molecule is NC(=O)C[C@H](N)C(=O)N(CP(=O)(O)O)CP(=O)(O)O. The summed E-state index contributed by atoms with van der Waals surface area (Å²) in [6, 6.07) is -1.53. The van der Waals surface area contributed by atoms with Gasteiger partial charge in [-0.25, -0.2) is 0 Å². The molecule has 0 unspecified atom stereocenters. The summed E-state index contributed by atoms with van der Waals surface area (Å²) >= 11 is 0. The highest BCUT2D eigenvalue weighted by molar-refractivity contribution is 7.52. The third kappa shape index (κ3) is 8.84. The van der Waals surface area contributed by atoms with Crippen LogP contribution in [0.3, 0.4) is 0 Å². The minimum Gasteiger partial charge on any atom is -0.370 e. The lowest BCUT2D eigenvalue weighted by molar-refractivity contribution is -0.133. The zero-order valence-corrected chi connectivity index (χ0v) is 11.4. The van der Waals surface area contributed by atoms with E-state index in [1.54, 1.807) is 0 Å². The Labute approximate surface area is 107 Å². The van der Waals surface area contributed by atoms with Gasteiger partial charge in [-0.05, 0) is 0 Å². The first kappa shape index (κ1) is 18.2. The van der Waals surface area contributed by atoms with E-state index in [1.807, 2.05) is 0 Å². The molecule has 0 aromatic carbocycles. The summed E-state index contributed by atoms with van der Waals surface area (Å²) in [5.74, 6) is -2.13. The van der Waals surface area contributed by atoms with Crippen molar-refractivity contribution in [1.29, 1.82) is 0 Å². The van der Waals surface area contributed by atoms with Gasteiger partial charge >= 0.3 is 15.2 Å². The van der Waals surface area contributed by atoms with Crippen LogP contribution in [0.25, 0.3) is 0 Å². The van der Waals surface area contributed by atoms with Crippen LogP contribution in [0.4, 0.5) is 0 Å². The van der Waals surface area contributed by atoms with Crippen molar-refractivity contribution in [2.24, 2.45) is 11.5 Å². The van der Waals surface area contributed by atoms with Crippen LogP contribution >= 0.6 is 15.2 Å². The highest BCUT2D eigenvalue weighted by atomic mass is 31.2. The summed E-state index contributed by atoms with van der Waals surface area (Å²) in [6.45, 7) is 0. The fraction of sp³-hybridized carbons (Fsp3) is 0.667. The normalized spacial score (nSPS) is 13.9. The van der Waals surface area contributed by atoms with Crippen molar-refractivity contribution in [3.05, 3.63) is 0 Å². The lowest BCUT2D eigenvalue weighted by Crippen LogP contribution is -2.46. The van der Waals surface area contributed by atoms with Crippen LogP contribution < -0.4 is 11.5 Å². The molecule has 0 spiro atoms. The van der Waals surface area contributed by atoms with Gasteiger partial charge in [-0.1, -0.05) is 0 Å². The molecule has 2 amide bonds. The topological polar surface area (TPSA) is 204 Å². The second kappa shape index (κ2) is 6.58. The molecule has 0 saturated carbocycles. The summed E-state index contributed by atoms with van der Waals surface area (Å²) in [5, 5.41) is 0. The lowest BCUT2D eigenvalue weighted by Gasteiger charge is -2.25. The van der Waals surface area contributed by atoms with Gasteiger partial charge in [0.05, 0.1) is 12.5 Å². The second-order valence-corrected chi connectivity index (χ2v) is 6.99. The molecule has 0 saturated heterocycles. The van der Waals surface area contributed by atoms with E-state index in [2.05, 4.69) is 0 Å². The average Bonchev–Trinajstić information content (AvgIpc) is 2.09. The number of amides is 2. The number of nitrogens with zero attached hydrogens (tertiary/aromatic N) is 1. The summed E-state index contributed by atoms with van der Waals surface area (Å²) < 4.78 is 21.6. The highest BCUT2D eigenvalue weighted by Gasteiger charge is 2.32. The number of carbonyl (C=O) groups is 2. The lowest BCUT2D eigenvalue weighted by atomic mass is 10.2. The Morgan fingerprint density at radius 2 is 1.42 bits per heavy atom. The Bertz CT molecular complexity index is 418. The van der Waals surface area contributed by atoms with Crippen LogP contribution in [0, 0.1) is 0 Å². The van der Waals surface area contributed by atoms with E-state index in [-0.39, 0.29) is 4.90 Å². The summed E-state index contributed by atoms with van der Waals surface area (Å²) in [6.07, 6.45) is -3.05. The largest absolute Gasteiger partial charge is 0.370 e. The number of carbonyl (C=O) groups excluding carboxylic acids is 2. The van der Waals surface area contributed by atoms with Crippen LogP contribution in [-0.4, -0.2) is 54.9 Å². The third-order valence-corrected chi connectivity index (χ3v) is 3.18. The van der Waals surface area contributed by atoms with E-state index >= 15 is 0 Å². The number of rotatable bonds is 7. The second-order valence-electron chi connectivity index (χ2n) is 3.77. The zero-order valence-electron chi connectivity index (χ0n) is 9.62. The Morgan fingerprint density at radius 1 is 1.05 bits per heavy atom. The molecular formula is C6H15N3O8P2. The van der Waals surface area contributed by atoms with Gasteiger partial charge in [0, 0.05) is 0 Å². The maximum atomic E-state index is 11.6. The maximum Gasteiger partial charge on any atom is 0.344 e. The molecule has 112 valence electrons. The molecule has 0 aliphatic carbocycles. The van der Waals surface area contributed by atoms with Gasteiger partial charge in [-0.15, -0.1) is 0 Å². The van der Waals surface area contributed by atoms with Crippen molar-refractivity contribution in [3.63, 3.8) is 0 Å². The van der Waals surface area contributed by atoms with E-state index in [0.29, 0.717) is 0 Å². The number of nitrogens with two attached hydrogens (primary N) is 2. The molecular weight excluding hydrogens is 304 g/mol. The first-order valence-corrected chi connectivity index (χ1v) is 8.33. The molecule has 0 aromatic rings. The molecule has 19 heavy (non-hydrogen) atoms. The summed E-state index contributed by atoms with van der Waals surface area (Å²) in [7, 11) is -9.49. The zero-order chi connectivity index (χ0) is 15.4. The van der Waals surface area contributed by atoms with Crippen molar-refractivity contribution in [2.45, 2.75) is 12.5 Å². The third-order valence-electron chi connectivity index (χ3n) is 1.76. The fourth-order valence-corrected chi connectivity index (χ4v) is 2.69. The summed E-state index contributed by atoms with van der Waals surface area (Å²) in [4.78, 5) is 57.3. The molecule has 0 bridgehead atoms. The van der Waals surface area contributed by atoms with Crippen LogP contribution in [0.1, 0.15) is 6.42 Å². The van der Waals surface area contributed by atoms with Gasteiger partial charge in [-0.2, -0.15) is 0 Å². The number of hydrogen-bond acceptors (Lipinski definition) is 5. The number of primary amides is 1. The molecule has 11 nitrogen and oxygen atoms in total. The van der Waals surface area contributed by atoms with Crippen molar-refractivity contribution < 1.29 is 38.3 Å². The minimum atomic E-state index is -4.75. The Morgan fingerprint density at radius 3 is 1.68 bits per heavy atom. The molecule has 0 aliphatic heterocycles. The summed E-state index contributed by atoms with van der Waals surface area (Å²) in [5.41, 5.74) is 10.0. The van der Waals surface area contributed by atoms with Crippen LogP contribution in [0.15, 0.2) is 0 Å². The molecule has 1 atom stereocenters. The molecule has 0 rings (SSSR count). The Kier molecular flexibility index (Phi) is 6.30. The quantitative estimate of drug-likeness (QED) is 0.269. The Hall–Kier alpha value is -0.800. The van der Waals surface area contributed by atoms with Crippen LogP contribution in [0.2, 0.25) is 0 Å². The van der Waals surface area contributed by atoms with Crippen LogP contribution in [-0.2, 0) is 18.7 Å². The van der Waals surface area contributed by atoms with E-state index in [1.165, 1.54) is 0 Å².